The monoisotopic (exact) mass is 307 g/mol. The first-order valence-corrected chi connectivity index (χ1v) is 6.33. The van der Waals surface area contributed by atoms with Crippen LogP contribution in [0, 0.1) is 11.3 Å². The fraction of sp³-hybridized carbons (Fsp3) is 0.727. The van der Waals surface area contributed by atoms with Crippen molar-refractivity contribution in [2.75, 3.05) is 19.6 Å². The minimum absolute atomic E-state index is 0.126. The Hall–Kier alpha value is -2.00. The maximum absolute atomic E-state index is 13.1. The molecule has 2 aliphatic rings. The van der Waals surface area contributed by atoms with Crippen molar-refractivity contribution in [2.45, 2.75) is 19.1 Å². The molecule has 1 fully saturated rings. The first-order chi connectivity index (χ1) is 9.60. The molecular formula is C11H16F3N5O2. The molecule has 0 spiro atoms. The number of carbonyl (C=O) groups is 2. The topological polar surface area (TPSA) is 105 Å². The van der Waals surface area contributed by atoms with E-state index >= 15 is 0 Å². The zero-order valence-electron chi connectivity index (χ0n) is 11.3. The standard InChI is InChI=1S/C11H16F3N5O2/c1-6(11(12,13)14)10(8(15)20)5-17-19-3-2-18(9(16)21)4-7(10)19/h5-7H,2-4H2,1H3,(H2,15,20)(H2,16,21)/t6-,7?,10?/m1/s1. The summed E-state index contributed by atoms with van der Waals surface area (Å²) in [6.07, 6.45) is -3.66. The first kappa shape index (κ1) is 15.4. The summed E-state index contributed by atoms with van der Waals surface area (Å²) in [6, 6.07) is -1.72. The van der Waals surface area contributed by atoms with E-state index in [4.69, 9.17) is 11.5 Å². The number of urea groups is 1. The van der Waals surface area contributed by atoms with Crippen molar-refractivity contribution in [3.05, 3.63) is 0 Å². The number of rotatable bonds is 2. The van der Waals surface area contributed by atoms with Crippen molar-refractivity contribution in [2.24, 2.45) is 27.9 Å². The van der Waals surface area contributed by atoms with Gasteiger partial charge < -0.3 is 16.4 Å². The molecule has 3 atom stereocenters. The van der Waals surface area contributed by atoms with Gasteiger partial charge in [-0.15, -0.1) is 0 Å². The van der Waals surface area contributed by atoms with Gasteiger partial charge in [-0.1, -0.05) is 6.92 Å². The average molecular weight is 307 g/mol. The van der Waals surface area contributed by atoms with E-state index in [1.54, 1.807) is 0 Å². The number of nitrogens with zero attached hydrogens (tertiary/aromatic N) is 3. The molecule has 118 valence electrons. The van der Waals surface area contributed by atoms with E-state index in [2.05, 4.69) is 5.10 Å². The summed E-state index contributed by atoms with van der Waals surface area (Å²) >= 11 is 0. The first-order valence-electron chi connectivity index (χ1n) is 6.33. The number of alkyl halides is 3. The molecule has 0 bridgehead atoms. The number of amides is 3. The summed E-state index contributed by atoms with van der Waals surface area (Å²) in [5.74, 6) is -3.14. The molecule has 0 radical (unpaired) electrons. The zero-order valence-corrected chi connectivity index (χ0v) is 11.3. The highest BCUT2D eigenvalue weighted by molar-refractivity contribution is 6.00. The number of piperazine rings is 1. The fourth-order valence-electron chi connectivity index (χ4n) is 2.88. The minimum atomic E-state index is -4.62. The Bertz CT molecular complexity index is 495. The van der Waals surface area contributed by atoms with E-state index in [9.17, 15) is 22.8 Å². The molecule has 2 rings (SSSR count). The zero-order chi connectivity index (χ0) is 16.0. The average Bonchev–Trinajstić information content (AvgIpc) is 2.76. The number of carbonyl (C=O) groups excluding carboxylic acids is 2. The van der Waals surface area contributed by atoms with Crippen LogP contribution in [0.25, 0.3) is 0 Å². The van der Waals surface area contributed by atoms with Crippen LogP contribution in [0.1, 0.15) is 6.92 Å². The molecule has 4 N–H and O–H groups in total. The van der Waals surface area contributed by atoms with E-state index in [-0.39, 0.29) is 19.6 Å². The molecule has 2 unspecified atom stereocenters. The second-order valence-electron chi connectivity index (χ2n) is 5.27. The number of hydrogen-bond acceptors (Lipinski definition) is 4. The van der Waals surface area contributed by atoms with Gasteiger partial charge in [-0.25, -0.2) is 4.79 Å². The summed E-state index contributed by atoms with van der Waals surface area (Å²) in [7, 11) is 0. The van der Waals surface area contributed by atoms with E-state index in [1.165, 1.54) is 9.91 Å². The van der Waals surface area contributed by atoms with Gasteiger partial charge in [0.25, 0.3) is 0 Å². The van der Waals surface area contributed by atoms with Gasteiger partial charge in [-0.05, 0) is 0 Å². The van der Waals surface area contributed by atoms with E-state index < -0.39 is 35.5 Å². The van der Waals surface area contributed by atoms with Gasteiger partial charge in [0.2, 0.25) is 5.91 Å². The van der Waals surface area contributed by atoms with Crippen LogP contribution < -0.4 is 11.5 Å². The van der Waals surface area contributed by atoms with Crippen molar-refractivity contribution in [1.29, 1.82) is 0 Å². The van der Waals surface area contributed by atoms with Gasteiger partial charge in [0.15, 0.2) is 0 Å². The number of nitrogens with two attached hydrogens (primary N) is 2. The highest BCUT2D eigenvalue weighted by Gasteiger charge is 2.62. The van der Waals surface area contributed by atoms with Crippen LogP contribution in [0.2, 0.25) is 0 Å². The minimum Gasteiger partial charge on any atom is -0.369 e. The van der Waals surface area contributed by atoms with Crippen LogP contribution in [-0.2, 0) is 4.79 Å². The molecule has 10 heteroatoms. The summed E-state index contributed by atoms with van der Waals surface area (Å²) in [6.45, 7) is 1.20. The van der Waals surface area contributed by atoms with E-state index in [0.29, 0.717) is 0 Å². The molecule has 0 saturated carbocycles. The quantitative estimate of drug-likeness (QED) is 0.733. The predicted octanol–water partition coefficient (Wildman–Crippen LogP) is -0.279. The lowest BCUT2D eigenvalue weighted by Gasteiger charge is -2.44. The highest BCUT2D eigenvalue weighted by Crippen LogP contribution is 2.46. The Balaban J connectivity index is 2.40. The number of hydrogen-bond donors (Lipinski definition) is 2. The SMILES string of the molecule is C[C@@H](C(F)(F)F)C1(C(N)=O)C=NN2CCN(C(N)=O)CC21. The predicted molar refractivity (Wildman–Crippen MR) is 67.0 cm³/mol. The van der Waals surface area contributed by atoms with Crippen LogP contribution in [-0.4, -0.2) is 59.9 Å². The molecule has 0 aromatic rings. The Kier molecular flexibility index (Phi) is 3.50. The Labute approximate surface area is 118 Å². The maximum Gasteiger partial charge on any atom is 0.393 e. The summed E-state index contributed by atoms with van der Waals surface area (Å²) in [5, 5.41) is 5.26. The Morgan fingerprint density at radius 3 is 2.48 bits per heavy atom. The van der Waals surface area contributed by atoms with Crippen molar-refractivity contribution in [1.82, 2.24) is 9.91 Å². The number of hydrazone groups is 1. The molecule has 7 nitrogen and oxygen atoms in total. The molecule has 0 aliphatic carbocycles. The van der Waals surface area contributed by atoms with Crippen LogP contribution in [0.5, 0.6) is 0 Å². The van der Waals surface area contributed by atoms with Crippen LogP contribution in [0.3, 0.4) is 0 Å². The molecular weight excluding hydrogens is 291 g/mol. The normalized spacial score (nSPS) is 30.2. The van der Waals surface area contributed by atoms with Crippen molar-refractivity contribution in [3.63, 3.8) is 0 Å². The summed E-state index contributed by atoms with van der Waals surface area (Å²) in [5.41, 5.74) is 8.43. The molecule has 2 aliphatic heterocycles. The molecule has 0 aromatic heterocycles. The Morgan fingerprint density at radius 2 is 2.00 bits per heavy atom. The third-order valence-electron chi connectivity index (χ3n) is 4.27. The summed E-state index contributed by atoms with van der Waals surface area (Å²) in [4.78, 5) is 24.2. The number of halogens is 3. The second-order valence-corrected chi connectivity index (χ2v) is 5.27. The van der Waals surface area contributed by atoms with Crippen molar-refractivity contribution < 1.29 is 22.8 Å². The third-order valence-corrected chi connectivity index (χ3v) is 4.27. The molecule has 3 amide bonds. The lowest BCUT2D eigenvalue weighted by molar-refractivity contribution is -0.199. The van der Waals surface area contributed by atoms with Crippen molar-refractivity contribution in [3.8, 4) is 0 Å². The molecule has 1 saturated heterocycles. The van der Waals surface area contributed by atoms with Gasteiger partial charge in [0.05, 0.1) is 18.5 Å². The van der Waals surface area contributed by atoms with Crippen molar-refractivity contribution >= 4 is 18.2 Å². The van der Waals surface area contributed by atoms with Gasteiger partial charge in [-0.3, -0.25) is 9.80 Å². The molecule has 21 heavy (non-hydrogen) atoms. The highest BCUT2D eigenvalue weighted by atomic mass is 19.4. The van der Waals surface area contributed by atoms with E-state index in [0.717, 1.165) is 13.1 Å². The number of fused-ring (bicyclic) bond motifs is 1. The molecule has 2 heterocycles. The smallest absolute Gasteiger partial charge is 0.369 e. The lowest BCUT2D eigenvalue weighted by Crippen LogP contribution is -2.64. The van der Waals surface area contributed by atoms with E-state index in [1.807, 2.05) is 0 Å². The fourth-order valence-corrected chi connectivity index (χ4v) is 2.88. The molecule has 0 aromatic carbocycles. The van der Waals surface area contributed by atoms with Crippen LogP contribution in [0.4, 0.5) is 18.0 Å². The maximum atomic E-state index is 13.1. The van der Waals surface area contributed by atoms with Crippen LogP contribution in [0.15, 0.2) is 5.10 Å². The van der Waals surface area contributed by atoms with Gasteiger partial charge in [0, 0.05) is 19.3 Å². The largest absolute Gasteiger partial charge is 0.393 e. The van der Waals surface area contributed by atoms with Gasteiger partial charge in [0.1, 0.15) is 5.41 Å². The number of primary amides is 2. The van der Waals surface area contributed by atoms with Crippen LogP contribution >= 0.6 is 0 Å². The Morgan fingerprint density at radius 1 is 1.38 bits per heavy atom. The van der Waals surface area contributed by atoms with Gasteiger partial charge >= 0.3 is 12.2 Å². The third kappa shape index (κ3) is 2.28. The van der Waals surface area contributed by atoms with Gasteiger partial charge in [-0.2, -0.15) is 18.3 Å². The summed E-state index contributed by atoms with van der Waals surface area (Å²) < 4.78 is 39.4. The lowest BCUT2D eigenvalue weighted by atomic mass is 9.70. The second kappa shape index (κ2) is 4.78.